The molecular formula is C18H22IN3O. The van der Waals surface area contributed by atoms with Crippen LogP contribution in [0, 0.1) is 21.8 Å². The van der Waals surface area contributed by atoms with Crippen LogP contribution in [0.1, 0.15) is 37.7 Å². The molecule has 0 aliphatic heterocycles. The van der Waals surface area contributed by atoms with E-state index in [0.29, 0.717) is 0 Å². The second-order valence-electron chi connectivity index (χ2n) is 5.98. The number of likely N-dealkylation sites (N-methyl/N-ethyl adjacent to an activating group) is 1. The number of hydrogen-bond acceptors (Lipinski definition) is 3. The Balaban J connectivity index is 2.08. The van der Waals surface area contributed by atoms with Crippen LogP contribution >= 0.6 is 22.6 Å². The minimum Gasteiger partial charge on any atom is -0.360 e. The molecule has 0 saturated heterocycles. The smallest absolute Gasteiger partial charge is 0.266 e. The third kappa shape index (κ3) is 4.71. The first-order chi connectivity index (χ1) is 11.0. The number of amides is 1. The number of hydrogen-bond donors (Lipinski definition) is 1. The van der Waals surface area contributed by atoms with E-state index < -0.39 is 0 Å². The lowest BCUT2D eigenvalue weighted by Crippen LogP contribution is -2.39. The molecule has 1 aliphatic rings. The van der Waals surface area contributed by atoms with E-state index in [1.165, 1.54) is 12.6 Å². The van der Waals surface area contributed by atoms with Gasteiger partial charge in [-0.05, 0) is 66.1 Å². The maximum absolute atomic E-state index is 12.5. The largest absolute Gasteiger partial charge is 0.360 e. The normalized spacial score (nSPS) is 15.8. The maximum Gasteiger partial charge on any atom is 0.266 e. The first kappa shape index (κ1) is 17.8. The van der Waals surface area contributed by atoms with Crippen molar-refractivity contribution in [3.05, 3.63) is 39.1 Å². The molecule has 23 heavy (non-hydrogen) atoms. The summed E-state index contributed by atoms with van der Waals surface area (Å²) < 4.78 is 1.16. The van der Waals surface area contributed by atoms with Crippen LogP contribution < -0.4 is 5.32 Å². The lowest BCUT2D eigenvalue weighted by atomic mass is 9.94. The van der Waals surface area contributed by atoms with Crippen molar-refractivity contribution in [1.29, 1.82) is 5.26 Å². The molecule has 0 spiro atoms. The van der Waals surface area contributed by atoms with Gasteiger partial charge in [-0.25, -0.2) is 0 Å². The molecule has 0 unspecified atom stereocenters. The van der Waals surface area contributed by atoms with Gasteiger partial charge in [0.1, 0.15) is 11.6 Å². The molecular weight excluding hydrogens is 401 g/mol. The van der Waals surface area contributed by atoms with Crippen LogP contribution in [-0.2, 0) is 4.79 Å². The van der Waals surface area contributed by atoms with E-state index in [1.54, 1.807) is 11.9 Å². The number of carbonyl (C=O) groups is 1. The fourth-order valence-corrected chi connectivity index (χ4v) is 3.55. The van der Waals surface area contributed by atoms with Gasteiger partial charge in [-0.3, -0.25) is 4.79 Å². The highest BCUT2D eigenvalue weighted by Crippen LogP contribution is 2.23. The molecule has 1 N–H and O–H groups in total. The average Bonchev–Trinajstić information content (AvgIpc) is 2.57. The summed E-state index contributed by atoms with van der Waals surface area (Å²) in [7, 11) is 1.81. The lowest BCUT2D eigenvalue weighted by molar-refractivity contribution is -0.128. The van der Waals surface area contributed by atoms with Gasteiger partial charge in [-0.15, -0.1) is 0 Å². The molecule has 1 fully saturated rings. The van der Waals surface area contributed by atoms with Crippen molar-refractivity contribution in [3.63, 3.8) is 0 Å². The summed E-state index contributed by atoms with van der Waals surface area (Å²) in [6.45, 7) is 2.00. The summed E-state index contributed by atoms with van der Waals surface area (Å²) in [5.41, 5.74) is 2.14. The molecule has 0 heterocycles. The SMILES string of the molecule is Cc1cc(I)ccc1N/C=C(/C#N)C(=O)N(C)C1CCCCC1. The van der Waals surface area contributed by atoms with Gasteiger partial charge >= 0.3 is 0 Å². The molecule has 1 saturated carbocycles. The zero-order chi connectivity index (χ0) is 16.8. The number of nitrogens with zero attached hydrogens (tertiary/aromatic N) is 2. The van der Waals surface area contributed by atoms with Crippen molar-refractivity contribution < 1.29 is 4.79 Å². The molecule has 0 atom stereocenters. The van der Waals surface area contributed by atoms with Crippen LogP contribution in [0.25, 0.3) is 0 Å². The van der Waals surface area contributed by atoms with Gasteiger partial charge in [-0.2, -0.15) is 5.26 Å². The predicted octanol–water partition coefficient (Wildman–Crippen LogP) is 4.21. The molecule has 122 valence electrons. The van der Waals surface area contributed by atoms with Crippen LogP contribution in [0.2, 0.25) is 0 Å². The number of aryl methyl sites for hydroxylation is 1. The highest BCUT2D eigenvalue weighted by Gasteiger charge is 2.24. The van der Waals surface area contributed by atoms with Gasteiger partial charge in [0.25, 0.3) is 5.91 Å². The number of halogens is 1. The van der Waals surface area contributed by atoms with E-state index in [-0.39, 0.29) is 17.5 Å². The number of rotatable bonds is 4. The zero-order valence-corrected chi connectivity index (χ0v) is 15.8. The fourth-order valence-electron chi connectivity index (χ4n) is 2.90. The third-order valence-electron chi connectivity index (χ3n) is 4.35. The van der Waals surface area contributed by atoms with Crippen LogP contribution in [-0.4, -0.2) is 23.9 Å². The first-order valence-corrected chi connectivity index (χ1v) is 9.01. The van der Waals surface area contributed by atoms with E-state index in [1.807, 2.05) is 25.1 Å². The molecule has 1 aromatic carbocycles. The minimum absolute atomic E-state index is 0.149. The van der Waals surface area contributed by atoms with Gasteiger partial charge in [-0.1, -0.05) is 19.3 Å². The Morgan fingerprint density at radius 1 is 1.39 bits per heavy atom. The van der Waals surface area contributed by atoms with Gasteiger partial charge in [0.05, 0.1) is 0 Å². The van der Waals surface area contributed by atoms with Gasteiger partial charge < -0.3 is 10.2 Å². The van der Waals surface area contributed by atoms with Crippen molar-refractivity contribution in [1.82, 2.24) is 4.90 Å². The quantitative estimate of drug-likeness (QED) is 0.449. The Labute approximate surface area is 151 Å². The van der Waals surface area contributed by atoms with Crippen LogP contribution in [0.5, 0.6) is 0 Å². The summed E-state index contributed by atoms with van der Waals surface area (Å²) in [4.78, 5) is 14.3. The summed E-state index contributed by atoms with van der Waals surface area (Å²) in [6.07, 6.45) is 7.15. The highest BCUT2D eigenvalue weighted by atomic mass is 127. The molecule has 4 nitrogen and oxygen atoms in total. The van der Waals surface area contributed by atoms with Gasteiger partial charge in [0, 0.05) is 28.5 Å². The molecule has 1 aromatic rings. The van der Waals surface area contributed by atoms with Crippen molar-refractivity contribution in [2.45, 2.75) is 45.1 Å². The zero-order valence-electron chi connectivity index (χ0n) is 13.6. The minimum atomic E-state index is -0.199. The van der Waals surface area contributed by atoms with Crippen molar-refractivity contribution >= 4 is 34.2 Å². The number of nitriles is 1. The molecule has 2 rings (SSSR count). The Bertz CT molecular complexity index is 642. The molecule has 1 aliphatic carbocycles. The molecule has 0 aromatic heterocycles. The van der Waals surface area contributed by atoms with Crippen LogP contribution in [0.4, 0.5) is 5.69 Å². The molecule has 0 radical (unpaired) electrons. The molecule has 0 bridgehead atoms. The Hall–Kier alpha value is -1.55. The Kier molecular flexibility index (Phi) is 6.46. The third-order valence-corrected chi connectivity index (χ3v) is 5.03. The number of carbonyl (C=O) groups excluding carboxylic acids is 1. The van der Waals surface area contributed by atoms with Crippen molar-refractivity contribution in [3.8, 4) is 6.07 Å². The van der Waals surface area contributed by atoms with E-state index in [4.69, 9.17) is 0 Å². The van der Waals surface area contributed by atoms with Crippen molar-refractivity contribution in [2.24, 2.45) is 0 Å². The van der Waals surface area contributed by atoms with Gasteiger partial charge in [0.2, 0.25) is 0 Å². The highest BCUT2D eigenvalue weighted by molar-refractivity contribution is 14.1. The second kappa shape index (κ2) is 8.34. The topological polar surface area (TPSA) is 56.1 Å². The number of benzene rings is 1. The fraction of sp³-hybridized carbons (Fsp3) is 0.444. The predicted molar refractivity (Wildman–Crippen MR) is 101 cm³/mol. The summed E-state index contributed by atoms with van der Waals surface area (Å²) >= 11 is 2.26. The Morgan fingerprint density at radius 3 is 2.70 bits per heavy atom. The van der Waals surface area contributed by atoms with Crippen LogP contribution in [0.15, 0.2) is 30.0 Å². The van der Waals surface area contributed by atoms with Crippen molar-refractivity contribution in [2.75, 3.05) is 12.4 Å². The molecule has 1 amide bonds. The number of nitrogens with one attached hydrogen (secondary N) is 1. The second-order valence-corrected chi connectivity index (χ2v) is 7.23. The Morgan fingerprint density at radius 2 is 2.09 bits per heavy atom. The monoisotopic (exact) mass is 423 g/mol. The standard InChI is InChI=1S/C18H22IN3O/c1-13-10-15(19)8-9-17(13)21-12-14(11-20)18(23)22(2)16-6-4-3-5-7-16/h8-10,12,16,21H,3-7H2,1-2H3/b14-12-. The maximum atomic E-state index is 12.5. The van der Waals surface area contributed by atoms with Crippen LogP contribution in [0.3, 0.4) is 0 Å². The van der Waals surface area contributed by atoms with Gasteiger partial charge in [0.15, 0.2) is 0 Å². The lowest BCUT2D eigenvalue weighted by Gasteiger charge is -2.31. The molecule has 5 heteroatoms. The summed E-state index contributed by atoms with van der Waals surface area (Å²) in [5, 5.41) is 12.4. The number of anilines is 1. The van der Waals surface area contributed by atoms with E-state index in [0.717, 1.165) is 40.5 Å². The average molecular weight is 423 g/mol. The first-order valence-electron chi connectivity index (χ1n) is 7.93. The summed E-state index contributed by atoms with van der Waals surface area (Å²) in [5.74, 6) is -0.199. The van der Waals surface area contributed by atoms with E-state index in [2.05, 4.69) is 34.0 Å². The van der Waals surface area contributed by atoms with E-state index in [9.17, 15) is 10.1 Å². The van der Waals surface area contributed by atoms with E-state index >= 15 is 0 Å². The summed E-state index contributed by atoms with van der Waals surface area (Å²) in [6, 6.07) is 8.29.